The summed E-state index contributed by atoms with van der Waals surface area (Å²) in [6, 6.07) is -1.12. The number of carbonyl (C=O) groups excluding carboxylic acids is 4. The predicted molar refractivity (Wildman–Crippen MR) is 115 cm³/mol. The van der Waals surface area contributed by atoms with E-state index >= 15 is 0 Å². The number of ether oxygens (including phenoxy) is 1. The van der Waals surface area contributed by atoms with Crippen LogP contribution in [0.5, 0.6) is 0 Å². The zero-order chi connectivity index (χ0) is 23.7. The van der Waals surface area contributed by atoms with Crippen LogP contribution in [-0.4, -0.2) is 73.4 Å². The molecule has 0 aromatic rings. The van der Waals surface area contributed by atoms with Crippen molar-refractivity contribution in [2.75, 3.05) is 24.7 Å². The average molecular weight is 472 g/mol. The van der Waals surface area contributed by atoms with Gasteiger partial charge < -0.3 is 15.4 Å². The molecule has 0 radical (unpaired) electrons. The minimum absolute atomic E-state index is 0.0162. The molecule has 2 aliphatic heterocycles. The molecule has 1 aliphatic carbocycles. The Bertz CT molecular complexity index is 891. The summed E-state index contributed by atoms with van der Waals surface area (Å²) in [6.07, 6.45) is 4.06. The number of carbonyl (C=O) groups is 4. The number of hydrogen-bond acceptors (Lipinski definition) is 7. The van der Waals surface area contributed by atoms with Gasteiger partial charge in [0.05, 0.1) is 11.5 Å². The maximum atomic E-state index is 13.0. The van der Waals surface area contributed by atoms with E-state index in [9.17, 15) is 27.6 Å². The van der Waals surface area contributed by atoms with Crippen LogP contribution >= 0.6 is 0 Å². The third-order valence-electron chi connectivity index (χ3n) is 7.35. The number of nitrogens with one attached hydrogen (secondary N) is 2. The van der Waals surface area contributed by atoms with Crippen LogP contribution in [0.2, 0.25) is 0 Å². The Morgan fingerprint density at radius 3 is 2.44 bits per heavy atom. The molecule has 2 N–H and O–H groups in total. The van der Waals surface area contributed by atoms with Crippen LogP contribution < -0.4 is 10.6 Å². The average Bonchev–Trinajstić information content (AvgIpc) is 3.17. The van der Waals surface area contributed by atoms with Gasteiger partial charge in [-0.15, -0.1) is 0 Å². The van der Waals surface area contributed by atoms with Gasteiger partial charge in [-0.3, -0.25) is 19.3 Å². The number of amides is 4. The quantitative estimate of drug-likeness (QED) is 0.413. The molecule has 1 unspecified atom stereocenters. The van der Waals surface area contributed by atoms with Gasteiger partial charge in [0, 0.05) is 6.04 Å². The second kappa shape index (κ2) is 8.99. The fourth-order valence-corrected chi connectivity index (χ4v) is 6.51. The van der Waals surface area contributed by atoms with Crippen molar-refractivity contribution in [3.63, 3.8) is 0 Å². The summed E-state index contributed by atoms with van der Waals surface area (Å²) in [7, 11) is -3.14. The van der Waals surface area contributed by atoms with E-state index in [1.54, 1.807) is 0 Å². The van der Waals surface area contributed by atoms with E-state index in [0.29, 0.717) is 25.2 Å². The molecule has 3 fully saturated rings. The minimum Gasteiger partial charge on any atom is -0.454 e. The molecule has 11 heteroatoms. The Labute approximate surface area is 188 Å². The summed E-state index contributed by atoms with van der Waals surface area (Å²) in [6.45, 7) is 5.42. The summed E-state index contributed by atoms with van der Waals surface area (Å²) in [5, 5.41) is 5.29. The zero-order valence-electron chi connectivity index (χ0n) is 18.9. The molecule has 2 heterocycles. The van der Waals surface area contributed by atoms with Gasteiger partial charge in [-0.2, -0.15) is 0 Å². The lowest BCUT2D eigenvalue weighted by Gasteiger charge is -2.42. The first-order valence-corrected chi connectivity index (χ1v) is 13.0. The third kappa shape index (κ3) is 5.24. The maximum absolute atomic E-state index is 13.0. The first-order valence-electron chi connectivity index (χ1n) is 11.2. The van der Waals surface area contributed by atoms with Crippen LogP contribution in [0.1, 0.15) is 59.3 Å². The van der Waals surface area contributed by atoms with E-state index in [1.807, 2.05) is 0 Å². The highest BCUT2D eigenvalue weighted by molar-refractivity contribution is 7.91. The molecule has 3 aliphatic rings. The monoisotopic (exact) mass is 471 g/mol. The van der Waals surface area contributed by atoms with E-state index in [0.717, 1.165) is 24.2 Å². The van der Waals surface area contributed by atoms with E-state index in [4.69, 9.17) is 4.74 Å². The number of hydrogen-bond donors (Lipinski definition) is 2. The number of rotatable bonds is 7. The first-order chi connectivity index (χ1) is 14.9. The van der Waals surface area contributed by atoms with Crippen LogP contribution in [0, 0.1) is 11.3 Å². The topological polar surface area (TPSA) is 139 Å². The number of urea groups is 1. The molecule has 3 rings (SSSR count). The molecule has 1 saturated carbocycles. The molecule has 1 spiro atoms. The van der Waals surface area contributed by atoms with Crippen LogP contribution in [0.4, 0.5) is 4.79 Å². The van der Waals surface area contributed by atoms with Crippen molar-refractivity contribution >= 4 is 33.7 Å². The van der Waals surface area contributed by atoms with E-state index in [2.05, 4.69) is 31.4 Å². The van der Waals surface area contributed by atoms with Crippen molar-refractivity contribution in [2.24, 2.45) is 11.3 Å². The molecule has 0 bridgehead atoms. The maximum Gasteiger partial charge on any atom is 0.326 e. The van der Waals surface area contributed by atoms with Gasteiger partial charge in [-0.05, 0) is 43.4 Å². The molecular weight excluding hydrogens is 438 g/mol. The summed E-state index contributed by atoms with van der Waals surface area (Å²) >= 11 is 0. The molecule has 32 heavy (non-hydrogen) atoms. The Morgan fingerprint density at radius 2 is 1.88 bits per heavy atom. The lowest BCUT2D eigenvalue weighted by Crippen LogP contribution is -2.51. The van der Waals surface area contributed by atoms with Crippen LogP contribution in [0.15, 0.2) is 0 Å². The number of imide groups is 1. The molecule has 0 aromatic carbocycles. The SMILES string of the molecule is CCC(C)(C)C1CCC2(CC1)NC(=O)N(CC(=O)OCC(=O)NC1CCS(=O)(=O)C1)C2=O. The molecule has 180 valence electrons. The van der Waals surface area contributed by atoms with Crippen LogP contribution in [-0.2, 0) is 29.0 Å². The molecule has 4 amide bonds. The number of nitrogens with zero attached hydrogens (tertiary/aromatic N) is 1. The smallest absolute Gasteiger partial charge is 0.326 e. The first kappa shape index (κ1) is 24.5. The fourth-order valence-electron chi connectivity index (χ4n) is 4.84. The van der Waals surface area contributed by atoms with Gasteiger partial charge in [-0.1, -0.05) is 27.2 Å². The lowest BCUT2D eigenvalue weighted by molar-refractivity contribution is -0.151. The highest BCUT2D eigenvalue weighted by atomic mass is 32.2. The Hall–Kier alpha value is -2.17. The highest BCUT2D eigenvalue weighted by Crippen LogP contribution is 2.45. The molecule has 0 aromatic heterocycles. The highest BCUT2D eigenvalue weighted by Gasteiger charge is 2.53. The van der Waals surface area contributed by atoms with E-state index in [1.165, 1.54) is 0 Å². The Balaban J connectivity index is 1.48. The van der Waals surface area contributed by atoms with Gasteiger partial charge in [0.2, 0.25) is 0 Å². The normalized spacial score (nSPS) is 29.8. The van der Waals surface area contributed by atoms with E-state index < -0.39 is 58.4 Å². The second-order valence-electron chi connectivity index (χ2n) is 9.85. The fraction of sp³-hybridized carbons (Fsp3) is 0.810. The van der Waals surface area contributed by atoms with Crippen LogP contribution in [0.25, 0.3) is 0 Å². The summed E-state index contributed by atoms with van der Waals surface area (Å²) in [5.74, 6) is -1.56. The molecule has 2 saturated heterocycles. The minimum atomic E-state index is -3.14. The second-order valence-corrected chi connectivity index (χ2v) is 12.1. The van der Waals surface area contributed by atoms with Crippen molar-refractivity contribution in [3.05, 3.63) is 0 Å². The summed E-state index contributed by atoms with van der Waals surface area (Å²) in [5.41, 5.74) is -0.803. The zero-order valence-corrected chi connectivity index (χ0v) is 19.8. The third-order valence-corrected chi connectivity index (χ3v) is 9.12. The van der Waals surface area contributed by atoms with Gasteiger partial charge in [-0.25, -0.2) is 13.2 Å². The predicted octanol–water partition coefficient (Wildman–Crippen LogP) is 0.750. The lowest BCUT2D eigenvalue weighted by atomic mass is 9.65. The van der Waals surface area contributed by atoms with Crippen molar-refractivity contribution < 1.29 is 32.3 Å². The number of esters is 1. The molecular formula is C21H33N3O7S. The van der Waals surface area contributed by atoms with Crippen molar-refractivity contribution in [1.29, 1.82) is 0 Å². The van der Waals surface area contributed by atoms with Crippen molar-refractivity contribution in [1.82, 2.24) is 15.5 Å². The largest absolute Gasteiger partial charge is 0.454 e. The van der Waals surface area contributed by atoms with Crippen LogP contribution in [0.3, 0.4) is 0 Å². The van der Waals surface area contributed by atoms with Crippen molar-refractivity contribution in [3.8, 4) is 0 Å². The molecule has 1 atom stereocenters. The van der Waals surface area contributed by atoms with E-state index in [-0.39, 0.29) is 16.9 Å². The van der Waals surface area contributed by atoms with Gasteiger partial charge in [0.15, 0.2) is 16.4 Å². The summed E-state index contributed by atoms with van der Waals surface area (Å²) in [4.78, 5) is 50.3. The van der Waals surface area contributed by atoms with Crippen molar-refractivity contribution in [2.45, 2.75) is 70.9 Å². The number of sulfone groups is 1. The van der Waals surface area contributed by atoms with Gasteiger partial charge >= 0.3 is 12.0 Å². The van der Waals surface area contributed by atoms with Gasteiger partial charge in [0.25, 0.3) is 11.8 Å². The van der Waals surface area contributed by atoms with Gasteiger partial charge in [0.1, 0.15) is 12.1 Å². The Morgan fingerprint density at radius 1 is 1.22 bits per heavy atom. The standard InChI is InChI=1S/C21H33N3O7S/c1-4-20(2,3)14-5-8-21(9-6-14)18(27)24(19(28)23-21)11-17(26)31-12-16(25)22-15-7-10-32(29,30)13-15/h14-15H,4-13H2,1-3H3,(H,22,25)(H,23,28). The molecule has 10 nitrogen and oxygen atoms in total. The Kier molecular flexibility index (Phi) is 6.88. The summed E-state index contributed by atoms with van der Waals surface area (Å²) < 4.78 is 27.8.